The van der Waals surface area contributed by atoms with Crippen molar-refractivity contribution in [2.24, 2.45) is 50.2 Å². The first-order chi connectivity index (χ1) is 15.2. The molecule has 0 aromatic rings. The molecule has 33 heavy (non-hydrogen) atoms. The second kappa shape index (κ2) is 7.86. The quantitative estimate of drug-likeness (QED) is 0.313. The predicted molar refractivity (Wildman–Crippen MR) is 138 cm³/mol. The lowest BCUT2D eigenvalue weighted by Gasteiger charge is -2.74. The molecular formula is C31H52O2. The van der Waals surface area contributed by atoms with Crippen LogP contribution in [0.5, 0.6) is 0 Å². The van der Waals surface area contributed by atoms with Gasteiger partial charge < -0.3 is 4.74 Å². The van der Waals surface area contributed by atoms with Gasteiger partial charge in [0, 0.05) is 6.42 Å². The highest BCUT2D eigenvalue weighted by Gasteiger charge is 2.69. The monoisotopic (exact) mass is 456 g/mol. The summed E-state index contributed by atoms with van der Waals surface area (Å²) in [5.41, 5.74) is 2.16. The van der Waals surface area contributed by atoms with Crippen molar-refractivity contribution < 1.29 is 9.53 Å². The first kappa shape index (κ1) is 25.3. The Kier molecular flexibility index (Phi) is 6.03. The van der Waals surface area contributed by atoms with Crippen LogP contribution in [0, 0.1) is 50.2 Å². The Morgan fingerprint density at radius 3 is 2.12 bits per heavy atom. The highest BCUT2D eigenvalue weighted by Crippen LogP contribution is 2.77. The maximum absolute atomic E-state index is 12.2. The summed E-state index contributed by atoms with van der Waals surface area (Å²) in [6, 6.07) is 0. The number of hydrogen-bond acceptors (Lipinski definition) is 2. The standard InChI is InChI=1S/C31H52O2/c1-10-27(4)14-13-23-29(6,22(27)11-12-25(32)33-9)18-20-31(8)24-21-26(2,3)15-16-28(24,5)17-19-30(23,31)7/h10,22-24H,1,11-21H2,2-9H3/t22-,23-,24+,27-,28+,29-,30+,31-/m0/s1. The van der Waals surface area contributed by atoms with Crippen LogP contribution < -0.4 is 0 Å². The Labute approximate surface area is 204 Å². The van der Waals surface area contributed by atoms with E-state index in [1.807, 2.05) is 0 Å². The summed E-state index contributed by atoms with van der Waals surface area (Å²) in [5.74, 6) is 2.00. The van der Waals surface area contributed by atoms with E-state index in [0.717, 1.165) is 18.3 Å². The molecule has 0 spiro atoms. The topological polar surface area (TPSA) is 26.3 Å². The van der Waals surface area contributed by atoms with Gasteiger partial charge in [-0.25, -0.2) is 0 Å². The largest absolute Gasteiger partial charge is 0.469 e. The van der Waals surface area contributed by atoms with Gasteiger partial charge in [-0.05, 0) is 114 Å². The Balaban J connectivity index is 1.73. The molecule has 0 N–H and O–H groups in total. The van der Waals surface area contributed by atoms with Gasteiger partial charge in [-0.2, -0.15) is 0 Å². The average molecular weight is 457 g/mol. The number of hydrogen-bond donors (Lipinski definition) is 0. The van der Waals surface area contributed by atoms with Crippen LogP contribution in [0.4, 0.5) is 0 Å². The third kappa shape index (κ3) is 3.58. The van der Waals surface area contributed by atoms with Crippen LogP contribution in [0.25, 0.3) is 0 Å². The molecule has 4 fully saturated rings. The number of allylic oxidation sites excluding steroid dienone is 1. The summed E-state index contributed by atoms with van der Waals surface area (Å²) in [7, 11) is 1.53. The molecular weight excluding hydrogens is 404 g/mol. The van der Waals surface area contributed by atoms with Crippen molar-refractivity contribution in [3.63, 3.8) is 0 Å². The Bertz CT molecular complexity index is 799. The van der Waals surface area contributed by atoms with Gasteiger partial charge in [0.15, 0.2) is 0 Å². The fourth-order valence-electron chi connectivity index (χ4n) is 10.4. The lowest BCUT2D eigenvalue weighted by Crippen LogP contribution is -2.66. The number of carbonyl (C=O) groups excluding carboxylic acids is 1. The zero-order valence-electron chi connectivity index (χ0n) is 23.1. The minimum Gasteiger partial charge on any atom is -0.469 e. The number of rotatable bonds is 4. The highest BCUT2D eigenvalue weighted by molar-refractivity contribution is 5.69. The van der Waals surface area contributed by atoms with Crippen molar-refractivity contribution in [3.8, 4) is 0 Å². The highest BCUT2D eigenvalue weighted by atomic mass is 16.5. The van der Waals surface area contributed by atoms with Gasteiger partial charge in [0.05, 0.1) is 7.11 Å². The fraction of sp³-hybridized carbons (Fsp3) is 0.903. The molecule has 0 unspecified atom stereocenters. The molecule has 188 valence electrons. The molecule has 4 saturated carbocycles. The van der Waals surface area contributed by atoms with Crippen LogP contribution in [-0.2, 0) is 9.53 Å². The summed E-state index contributed by atoms with van der Waals surface area (Å²) in [5, 5.41) is 0. The minimum absolute atomic E-state index is 0.0585. The van der Waals surface area contributed by atoms with Crippen molar-refractivity contribution in [3.05, 3.63) is 12.7 Å². The fourth-order valence-corrected chi connectivity index (χ4v) is 10.4. The molecule has 8 atom stereocenters. The van der Waals surface area contributed by atoms with Crippen molar-refractivity contribution in [2.75, 3.05) is 7.11 Å². The molecule has 0 radical (unpaired) electrons. The predicted octanol–water partition coefficient (Wildman–Crippen LogP) is 8.60. The SMILES string of the molecule is C=C[C@@]1(C)CC[C@H]2[C@@](C)(CC[C@@]3(C)[C@@H]4CC(C)(C)CC[C@]4(C)CC[C@]23C)[C@H]1CCC(=O)OC. The van der Waals surface area contributed by atoms with E-state index in [4.69, 9.17) is 4.74 Å². The van der Waals surface area contributed by atoms with Gasteiger partial charge >= 0.3 is 5.97 Å². The van der Waals surface area contributed by atoms with Crippen molar-refractivity contribution >= 4 is 5.97 Å². The number of fused-ring (bicyclic) bond motifs is 5. The van der Waals surface area contributed by atoms with Crippen LogP contribution >= 0.6 is 0 Å². The van der Waals surface area contributed by atoms with Crippen molar-refractivity contribution in [2.45, 2.75) is 119 Å². The summed E-state index contributed by atoms with van der Waals surface area (Å²) >= 11 is 0. The normalized spacial score (nSPS) is 51.0. The van der Waals surface area contributed by atoms with Gasteiger partial charge in [0.25, 0.3) is 0 Å². The first-order valence-electron chi connectivity index (χ1n) is 13.9. The third-order valence-corrected chi connectivity index (χ3v) is 12.9. The summed E-state index contributed by atoms with van der Waals surface area (Å²) in [6.07, 6.45) is 15.8. The number of esters is 1. The molecule has 4 rings (SSSR count). The molecule has 0 heterocycles. The summed E-state index contributed by atoms with van der Waals surface area (Å²) in [6.45, 7) is 22.4. The maximum Gasteiger partial charge on any atom is 0.305 e. The number of ether oxygens (including phenoxy) is 1. The van der Waals surface area contributed by atoms with E-state index < -0.39 is 0 Å². The van der Waals surface area contributed by atoms with E-state index in [1.165, 1.54) is 64.9 Å². The van der Waals surface area contributed by atoms with Crippen LogP contribution in [0.2, 0.25) is 0 Å². The number of methoxy groups -OCH3 is 1. The minimum atomic E-state index is -0.0585. The molecule has 4 aliphatic carbocycles. The van der Waals surface area contributed by atoms with E-state index in [9.17, 15) is 4.79 Å². The summed E-state index contributed by atoms with van der Waals surface area (Å²) < 4.78 is 5.06. The van der Waals surface area contributed by atoms with E-state index in [2.05, 4.69) is 61.1 Å². The van der Waals surface area contributed by atoms with Crippen LogP contribution in [0.15, 0.2) is 12.7 Å². The van der Waals surface area contributed by atoms with E-state index in [1.54, 1.807) is 0 Å². The Morgan fingerprint density at radius 1 is 0.879 bits per heavy atom. The molecule has 2 nitrogen and oxygen atoms in total. The van der Waals surface area contributed by atoms with Gasteiger partial charge in [0.1, 0.15) is 0 Å². The molecule has 0 aromatic carbocycles. The van der Waals surface area contributed by atoms with Crippen molar-refractivity contribution in [1.82, 2.24) is 0 Å². The van der Waals surface area contributed by atoms with Crippen molar-refractivity contribution in [1.29, 1.82) is 0 Å². The molecule has 2 heteroatoms. The van der Waals surface area contributed by atoms with Gasteiger partial charge in [-0.15, -0.1) is 6.58 Å². The molecule has 0 aliphatic heterocycles. The Morgan fingerprint density at radius 2 is 1.48 bits per heavy atom. The van der Waals surface area contributed by atoms with Crippen LogP contribution in [-0.4, -0.2) is 13.1 Å². The molecule has 0 amide bonds. The van der Waals surface area contributed by atoms with E-state index >= 15 is 0 Å². The Hall–Kier alpha value is -0.790. The number of carbonyl (C=O) groups is 1. The van der Waals surface area contributed by atoms with Gasteiger partial charge in [-0.3, -0.25) is 4.79 Å². The van der Waals surface area contributed by atoms with Gasteiger partial charge in [0.2, 0.25) is 0 Å². The molecule has 0 aromatic heterocycles. The van der Waals surface area contributed by atoms with Crippen LogP contribution in [0.1, 0.15) is 119 Å². The lowest BCUT2D eigenvalue weighted by molar-refractivity contribution is -0.247. The summed E-state index contributed by atoms with van der Waals surface area (Å²) in [4.78, 5) is 12.2. The molecule has 4 aliphatic rings. The van der Waals surface area contributed by atoms with Crippen LogP contribution in [0.3, 0.4) is 0 Å². The van der Waals surface area contributed by atoms with Gasteiger partial charge in [-0.1, -0.05) is 54.5 Å². The maximum atomic E-state index is 12.2. The molecule has 0 bridgehead atoms. The zero-order valence-corrected chi connectivity index (χ0v) is 23.1. The average Bonchev–Trinajstić information content (AvgIpc) is 2.76. The lowest BCUT2D eigenvalue weighted by atomic mass is 9.31. The second-order valence-corrected chi connectivity index (χ2v) is 14.9. The zero-order chi connectivity index (χ0) is 24.5. The van der Waals surface area contributed by atoms with E-state index in [0.29, 0.717) is 34.0 Å². The van der Waals surface area contributed by atoms with E-state index in [-0.39, 0.29) is 16.8 Å². The second-order valence-electron chi connectivity index (χ2n) is 14.9. The third-order valence-electron chi connectivity index (χ3n) is 12.9. The molecule has 0 saturated heterocycles. The first-order valence-corrected chi connectivity index (χ1v) is 13.9. The smallest absolute Gasteiger partial charge is 0.305 e.